The fourth-order valence-electron chi connectivity index (χ4n) is 3.73. The lowest BCUT2D eigenvalue weighted by atomic mass is 10.1. The Morgan fingerprint density at radius 3 is 2.38 bits per heavy atom. The molecule has 1 amide bonds. The Kier molecular flexibility index (Phi) is 10.8. The molecule has 0 spiro atoms. The fraction of sp³-hybridized carbons (Fsp3) is 0.480. The summed E-state index contributed by atoms with van der Waals surface area (Å²) < 4.78 is 27.9. The van der Waals surface area contributed by atoms with Gasteiger partial charge in [-0.05, 0) is 67.1 Å². The smallest absolute Gasteiger partial charge is 0.243 e. The average molecular weight is 491 g/mol. The van der Waals surface area contributed by atoms with Gasteiger partial charge in [0.05, 0.1) is 11.5 Å². The van der Waals surface area contributed by atoms with Crippen LogP contribution >= 0.6 is 0 Å². The quantitative estimate of drug-likeness (QED) is 0.237. The van der Waals surface area contributed by atoms with E-state index >= 15 is 0 Å². The van der Waals surface area contributed by atoms with Gasteiger partial charge in [0, 0.05) is 36.9 Å². The molecule has 0 unspecified atom stereocenters. The van der Waals surface area contributed by atoms with Crippen LogP contribution in [0.1, 0.15) is 45.1 Å². The first-order valence-electron chi connectivity index (χ1n) is 11.7. The van der Waals surface area contributed by atoms with Crippen molar-refractivity contribution >= 4 is 27.3 Å². The van der Waals surface area contributed by atoms with Crippen LogP contribution in [-0.4, -0.2) is 49.5 Å². The molecule has 2 aromatic carbocycles. The average Bonchev–Trinajstić information content (AvgIpc) is 2.79. The minimum absolute atomic E-state index is 0.0338. The summed E-state index contributed by atoms with van der Waals surface area (Å²) in [6.45, 7) is 4.42. The van der Waals surface area contributed by atoms with Gasteiger partial charge in [0.15, 0.2) is 0 Å². The summed E-state index contributed by atoms with van der Waals surface area (Å²) in [7, 11) is -3.78. The third kappa shape index (κ3) is 8.62. The number of amides is 1. The van der Waals surface area contributed by atoms with Crippen LogP contribution in [0.2, 0.25) is 0 Å². The van der Waals surface area contributed by atoms with Crippen LogP contribution < -0.4 is 16.8 Å². The number of aliphatic hydroxyl groups is 1. The normalized spacial score (nSPS) is 12.7. The van der Waals surface area contributed by atoms with Crippen molar-refractivity contribution in [3.63, 3.8) is 0 Å². The van der Waals surface area contributed by atoms with Crippen LogP contribution in [0.4, 0.5) is 11.4 Å². The van der Waals surface area contributed by atoms with E-state index in [9.17, 15) is 18.3 Å². The molecule has 9 heteroatoms. The van der Waals surface area contributed by atoms with Crippen LogP contribution in [0.5, 0.6) is 0 Å². The third-order valence-electron chi connectivity index (χ3n) is 5.53. The molecule has 2 rings (SSSR count). The Balaban J connectivity index is 1.86. The van der Waals surface area contributed by atoms with E-state index in [-0.39, 0.29) is 23.3 Å². The second-order valence-corrected chi connectivity index (χ2v) is 10.9. The summed E-state index contributed by atoms with van der Waals surface area (Å²) in [5, 5.41) is 12.9. The molecule has 0 aliphatic carbocycles. The molecule has 34 heavy (non-hydrogen) atoms. The van der Waals surface area contributed by atoms with E-state index in [4.69, 9.17) is 11.5 Å². The first-order chi connectivity index (χ1) is 16.1. The molecule has 0 radical (unpaired) electrons. The number of carbonyl (C=O) groups excluding carboxylic acids is 1. The number of nitrogens with one attached hydrogen (secondary N) is 1. The van der Waals surface area contributed by atoms with Gasteiger partial charge in [-0.3, -0.25) is 4.79 Å². The number of benzene rings is 2. The highest BCUT2D eigenvalue weighted by molar-refractivity contribution is 7.89. The van der Waals surface area contributed by atoms with E-state index in [0.717, 1.165) is 5.56 Å². The predicted molar refractivity (Wildman–Crippen MR) is 136 cm³/mol. The van der Waals surface area contributed by atoms with Gasteiger partial charge < -0.3 is 21.9 Å². The summed E-state index contributed by atoms with van der Waals surface area (Å²) in [5.41, 5.74) is 13.7. The highest BCUT2D eigenvalue weighted by atomic mass is 32.2. The second-order valence-electron chi connectivity index (χ2n) is 8.96. The number of hydrogen-bond donors (Lipinski definition) is 4. The van der Waals surface area contributed by atoms with Crippen molar-refractivity contribution in [2.75, 3.05) is 31.2 Å². The summed E-state index contributed by atoms with van der Waals surface area (Å²) in [5.74, 6) is 0.0605. The van der Waals surface area contributed by atoms with E-state index in [2.05, 4.69) is 5.32 Å². The lowest BCUT2D eigenvalue weighted by Crippen LogP contribution is -2.44. The zero-order valence-electron chi connectivity index (χ0n) is 20.1. The molecule has 2 aromatic rings. The number of nitrogen functional groups attached to an aromatic ring is 2. The van der Waals surface area contributed by atoms with Gasteiger partial charge in [0.1, 0.15) is 0 Å². The molecule has 188 valence electrons. The molecule has 1 atom stereocenters. The maximum Gasteiger partial charge on any atom is 0.243 e. The maximum atomic E-state index is 13.3. The molecular formula is C25H38N4O4S. The van der Waals surface area contributed by atoms with Crippen LogP contribution in [0, 0.1) is 5.92 Å². The Morgan fingerprint density at radius 2 is 1.76 bits per heavy atom. The number of rotatable bonds is 14. The van der Waals surface area contributed by atoms with E-state index < -0.39 is 16.1 Å². The summed E-state index contributed by atoms with van der Waals surface area (Å²) in [6, 6.07) is 13.1. The summed E-state index contributed by atoms with van der Waals surface area (Å²) in [4.78, 5) is 12.3. The molecule has 8 nitrogen and oxygen atoms in total. The molecular weight excluding hydrogens is 452 g/mol. The molecule has 0 heterocycles. The van der Waals surface area contributed by atoms with Crippen LogP contribution in [0.3, 0.4) is 0 Å². The minimum Gasteiger partial charge on any atom is -0.399 e. The van der Waals surface area contributed by atoms with Gasteiger partial charge >= 0.3 is 0 Å². The van der Waals surface area contributed by atoms with Crippen molar-refractivity contribution in [2.24, 2.45) is 5.92 Å². The van der Waals surface area contributed by atoms with Crippen molar-refractivity contribution in [3.8, 4) is 0 Å². The van der Waals surface area contributed by atoms with Crippen LogP contribution in [0.15, 0.2) is 53.4 Å². The van der Waals surface area contributed by atoms with Gasteiger partial charge in [-0.15, -0.1) is 0 Å². The second kappa shape index (κ2) is 13.3. The number of anilines is 2. The summed E-state index contributed by atoms with van der Waals surface area (Å²) in [6.07, 6.45) is 2.86. The predicted octanol–water partition coefficient (Wildman–Crippen LogP) is 2.78. The zero-order chi connectivity index (χ0) is 25.1. The highest BCUT2D eigenvalue weighted by Gasteiger charge is 2.31. The van der Waals surface area contributed by atoms with Crippen molar-refractivity contribution in [1.82, 2.24) is 9.62 Å². The maximum absolute atomic E-state index is 13.3. The molecule has 0 aliphatic rings. The van der Waals surface area contributed by atoms with E-state index in [1.165, 1.54) is 16.4 Å². The number of aryl methyl sites for hydroxylation is 1. The Hall–Kier alpha value is -2.62. The highest BCUT2D eigenvalue weighted by Crippen LogP contribution is 2.23. The number of nitrogens with two attached hydrogens (primary N) is 2. The van der Waals surface area contributed by atoms with Gasteiger partial charge in [-0.25, -0.2) is 8.42 Å². The van der Waals surface area contributed by atoms with Gasteiger partial charge in [-0.2, -0.15) is 4.31 Å². The SMILES string of the molecule is CC(C)CN([C@H](CO)CCCCNC(=O)CCc1cccc(N)c1)S(=O)(=O)c1ccc(N)cc1. The minimum atomic E-state index is -3.78. The van der Waals surface area contributed by atoms with Crippen LogP contribution in [-0.2, 0) is 21.2 Å². The molecule has 0 aromatic heterocycles. The number of sulfonamides is 1. The number of aliphatic hydroxyl groups excluding tert-OH is 1. The van der Waals surface area contributed by atoms with Gasteiger partial charge in [-0.1, -0.05) is 32.4 Å². The first kappa shape index (κ1) is 27.6. The molecule has 6 N–H and O–H groups in total. The number of hydrogen-bond acceptors (Lipinski definition) is 6. The van der Waals surface area contributed by atoms with Crippen molar-refractivity contribution in [1.29, 1.82) is 0 Å². The van der Waals surface area contributed by atoms with Crippen molar-refractivity contribution in [2.45, 2.75) is 56.9 Å². The fourth-order valence-corrected chi connectivity index (χ4v) is 5.54. The number of unbranched alkanes of at least 4 members (excludes halogenated alkanes) is 1. The van der Waals surface area contributed by atoms with E-state index in [0.29, 0.717) is 56.6 Å². The molecule has 0 bridgehead atoms. The largest absolute Gasteiger partial charge is 0.399 e. The number of carbonyl (C=O) groups is 1. The molecule has 0 aliphatic heterocycles. The molecule has 0 saturated heterocycles. The topological polar surface area (TPSA) is 139 Å². The lowest BCUT2D eigenvalue weighted by Gasteiger charge is -2.31. The Morgan fingerprint density at radius 1 is 1.06 bits per heavy atom. The van der Waals surface area contributed by atoms with Crippen molar-refractivity contribution in [3.05, 3.63) is 54.1 Å². The van der Waals surface area contributed by atoms with Gasteiger partial charge in [0.2, 0.25) is 15.9 Å². The standard InChI is InChI=1S/C25H38N4O4S/c1-19(2)17-29(34(32,33)24-12-10-21(26)11-13-24)23(18-30)8-3-4-15-28-25(31)14-9-20-6-5-7-22(27)16-20/h5-7,10-13,16,19,23,30H,3-4,8-9,14-15,17-18,26-27H2,1-2H3,(H,28,31)/t23-/m0/s1. The zero-order valence-corrected chi connectivity index (χ0v) is 20.9. The van der Waals surface area contributed by atoms with E-state index in [1.807, 2.05) is 38.1 Å². The number of nitrogens with zero attached hydrogens (tertiary/aromatic N) is 1. The molecule has 0 saturated carbocycles. The monoisotopic (exact) mass is 490 g/mol. The van der Waals surface area contributed by atoms with E-state index in [1.54, 1.807) is 12.1 Å². The molecule has 0 fully saturated rings. The van der Waals surface area contributed by atoms with Crippen LogP contribution in [0.25, 0.3) is 0 Å². The summed E-state index contributed by atoms with van der Waals surface area (Å²) >= 11 is 0. The van der Waals surface area contributed by atoms with Crippen molar-refractivity contribution < 1.29 is 18.3 Å². The van der Waals surface area contributed by atoms with Gasteiger partial charge in [0.25, 0.3) is 0 Å². The lowest BCUT2D eigenvalue weighted by molar-refractivity contribution is -0.121. The first-order valence-corrected chi connectivity index (χ1v) is 13.2. The Labute approximate surface area is 203 Å². The Bertz CT molecular complexity index is 1010. The third-order valence-corrected chi connectivity index (χ3v) is 7.46.